The summed E-state index contributed by atoms with van der Waals surface area (Å²) in [5, 5.41) is 2.83. The fourth-order valence-corrected chi connectivity index (χ4v) is 2.11. The Hall–Kier alpha value is -2.21. The number of hydrogen-bond donors (Lipinski definition) is 2. The van der Waals surface area contributed by atoms with Crippen LogP contribution in [0, 0.1) is 0 Å². The van der Waals surface area contributed by atoms with Crippen molar-refractivity contribution in [3.8, 4) is 0 Å². The van der Waals surface area contributed by atoms with Crippen LogP contribution >= 0.6 is 0 Å². The number of hydrogen-bond acceptors (Lipinski definition) is 4. The van der Waals surface area contributed by atoms with Crippen LogP contribution in [0.2, 0.25) is 0 Å². The lowest BCUT2D eigenvalue weighted by molar-refractivity contribution is -0.123. The van der Waals surface area contributed by atoms with Crippen LogP contribution in [0.1, 0.15) is 23.7 Å². The fourth-order valence-electron chi connectivity index (χ4n) is 2.11. The van der Waals surface area contributed by atoms with Crippen molar-refractivity contribution >= 4 is 18.6 Å². The first-order valence-electron chi connectivity index (χ1n) is 6.88. The van der Waals surface area contributed by atoms with Crippen LogP contribution in [-0.4, -0.2) is 48.7 Å². The fraction of sp³-hybridized carbons (Fsp3) is 0.400. The Kier molecular flexibility index (Phi) is 7.11. The number of rotatable bonds is 4. The highest BCUT2D eigenvalue weighted by molar-refractivity contribution is 5.94. The predicted molar refractivity (Wildman–Crippen MR) is 79.7 cm³/mol. The normalized spacial score (nSPS) is 20.2. The highest BCUT2D eigenvalue weighted by Crippen LogP contribution is 2.14. The summed E-state index contributed by atoms with van der Waals surface area (Å²) in [6, 6.07) is 8.26. The Morgan fingerprint density at radius 1 is 1.38 bits per heavy atom. The Labute approximate surface area is 124 Å². The van der Waals surface area contributed by atoms with Crippen molar-refractivity contribution in [1.82, 2.24) is 10.2 Å². The van der Waals surface area contributed by atoms with E-state index >= 15 is 0 Å². The van der Waals surface area contributed by atoms with Crippen LogP contribution in [0.25, 0.3) is 0 Å². The molecule has 1 aromatic carbocycles. The summed E-state index contributed by atoms with van der Waals surface area (Å²) >= 11 is 0. The third kappa shape index (κ3) is 5.00. The van der Waals surface area contributed by atoms with Gasteiger partial charge in [0.05, 0.1) is 6.04 Å². The summed E-state index contributed by atoms with van der Waals surface area (Å²) < 4.78 is 0. The summed E-state index contributed by atoms with van der Waals surface area (Å²) in [6.45, 7) is 3.03. The second-order valence-corrected chi connectivity index (χ2v) is 4.69. The number of aldehydes is 1. The van der Waals surface area contributed by atoms with E-state index < -0.39 is 6.04 Å². The van der Waals surface area contributed by atoms with Gasteiger partial charge in [-0.15, -0.1) is 0 Å². The highest BCUT2D eigenvalue weighted by Gasteiger charge is 2.31. The summed E-state index contributed by atoms with van der Waals surface area (Å²) in [7, 11) is 0. The molecule has 114 valence electrons. The Morgan fingerprint density at radius 2 is 2.00 bits per heavy atom. The molecule has 0 saturated carbocycles. The van der Waals surface area contributed by atoms with Crippen LogP contribution in [0.15, 0.2) is 30.3 Å². The number of amides is 2. The zero-order valence-electron chi connectivity index (χ0n) is 12.1. The van der Waals surface area contributed by atoms with E-state index in [1.54, 1.807) is 24.3 Å². The van der Waals surface area contributed by atoms with Crippen molar-refractivity contribution in [3.63, 3.8) is 0 Å². The summed E-state index contributed by atoms with van der Waals surface area (Å²) in [4.78, 5) is 34.8. The molecule has 1 aliphatic heterocycles. The molecule has 2 amide bonds. The van der Waals surface area contributed by atoms with Crippen molar-refractivity contribution in [1.29, 1.82) is 0 Å². The minimum atomic E-state index is -0.427. The second-order valence-electron chi connectivity index (χ2n) is 4.69. The third-order valence-corrected chi connectivity index (χ3v) is 3.05. The molecular weight excluding hydrogens is 270 g/mol. The maximum atomic E-state index is 11.9. The smallest absolute Gasteiger partial charge is 0.251 e. The molecule has 1 heterocycles. The van der Waals surface area contributed by atoms with Gasteiger partial charge < -0.3 is 20.7 Å². The Morgan fingerprint density at radius 3 is 2.48 bits per heavy atom. The molecule has 0 aromatic heterocycles. The molecule has 1 aromatic rings. The lowest BCUT2D eigenvalue weighted by Crippen LogP contribution is -2.36. The van der Waals surface area contributed by atoms with Crippen molar-refractivity contribution in [2.45, 2.75) is 25.4 Å². The molecule has 0 spiro atoms. The first-order valence-corrected chi connectivity index (χ1v) is 6.88. The minimum absolute atomic E-state index is 0.168. The SMILES string of the molecule is CCN.O=CC1CC(NC(=O)c2ccccc2)CN1C=O. The topological polar surface area (TPSA) is 92.5 Å². The summed E-state index contributed by atoms with van der Waals surface area (Å²) in [6.07, 6.45) is 1.86. The quantitative estimate of drug-likeness (QED) is 0.774. The predicted octanol–water partition coefficient (Wildman–Crippen LogP) is 0.180. The van der Waals surface area contributed by atoms with E-state index in [1.807, 2.05) is 13.0 Å². The molecule has 3 N–H and O–H groups in total. The van der Waals surface area contributed by atoms with Gasteiger partial charge in [-0.1, -0.05) is 25.1 Å². The molecule has 0 radical (unpaired) electrons. The molecule has 2 atom stereocenters. The molecule has 0 bridgehead atoms. The number of carbonyl (C=O) groups is 3. The average molecular weight is 291 g/mol. The van der Waals surface area contributed by atoms with Gasteiger partial charge in [0.2, 0.25) is 6.41 Å². The van der Waals surface area contributed by atoms with Crippen molar-refractivity contribution in [2.24, 2.45) is 5.73 Å². The largest absolute Gasteiger partial charge is 0.347 e. The molecule has 0 aliphatic carbocycles. The zero-order valence-corrected chi connectivity index (χ0v) is 12.1. The minimum Gasteiger partial charge on any atom is -0.347 e. The monoisotopic (exact) mass is 291 g/mol. The van der Waals surface area contributed by atoms with Gasteiger partial charge in [-0.25, -0.2) is 0 Å². The van der Waals surface area contributed by atoms with Gasteiger partial charge in [-0.05, 0) is 25.1 Å². The molecule has 1 aliphatic rings. The van der Waals surface area contributed by atoms with E-state index in [2.05, 4.69) is 5.32 Å². The Balaban J connectivity index is 0.000000677. The van der Waals surface area contributed by atoms with Gasteiger partial charge in [0.15, 0.2) is 0 Å². The van der Waals surface area contributed by atoms with Crippen LogP contribution in [-0.2, 0) is 9.59 Å². The van der Waals surface area contributed by atoms with E-state index in [4.69, 9.17) is 5.73 Å². The maximum Gasteiger partial charge on any atom is 0.251 e. The molecular formula is C15H21N3O3. The van der Waals surface area contributed by atoms with E-state index in [-0.39, 0.29) is 11.9 Å². The van der Waals surface area contributed by atoms with Crippen molar-refractivity contribution in [3.05, 3.63) is 35.9 Å². The standard InChI is InChI=1S/C13H14N2O3.C2H7N/c16-8-12-6-11(7-15(12)9-17)14-13(18)10-4-2-1-3-5-10;1-2-3/h1-5,8-9,11-12H,6-7H2,(H,14,18);2-3H2,1H3. The number of nitrogens with one attached hydrogen (secondary N) is 1. The van der Waals surface area contributed by atoms with Gasteiger partial charge in [0.25, 0.3) is 5.91 Å². The molecule has 6 nitrogen and oxygen atoms in total. The third-order valence-electron chi connectivity index (χ3n) is 3.05. The van der Waals surface area contributed by atoms with Crippen molar-refractivity contribution in [2.75, 3.05) is 13.1 Å². The van der Waals surface area contributed by atoms with Gasteiger partial charge in [0, 0.05) is 18.2 Å². The molecule has 6 heteroatoms. The van der Waals surface area contributed by atoms with Gasteiger partial charge >= 0.3 is 0 Å². The lowest BCUT2D eigenvalue weighted by atomic mass is 10.1. The van der Waals surface area contributed by atoms with E-state index in [0.29, 0.717) is 24.9 Å². The molecule has 1 fully saturated rings. The van der Waals surface area contributed by atoms with E-state index in [0.717, 1.165) is 12.8 Å². The van der Waals surface area contributed by atoms with Crippen LogP contribution in [0.4, 0.5) is 0 Å². The summed E-state index contributed by atoms with van der Waals surface area (Å²) in [5.74, 6) is -0.182. The number of carbonyl (C=O) groups excluding carboxylic acids is 3. The Bertz CT molecular complexity index is 448. The summed E-state index contributed by atoms with van der Waals surface area (Å²) in [5.41, 5.74) is 5.42. The molecule has 21 heavy (non-hydrogen) atoms. The number of nitrogens with zero attached hydrogens (tertiary/aromatic N) is 1. The molecule has 2 rings (SSSR count). The van der Waals surface area contributed by atoms with Gasteiger partial charge in [0.1, 0.15) is 6.29 Å². The van der Waals surface area contributed by atoms with E-state index in [9.17, 15) is 14.4 Å². The molecule has 2 unspecified atom stereocenters. The zero-order chi connectivity index (χ0) is 15.7. The number of nitrogens with two attached hydrogens (primary N) is 1. The van der Waals surface area contributed by atoms with Crippen molar-refractivity contribution < 1.29 is 14.4 Å². The molecule has 1 saturated heterocycles. The number of benzene rings is 1. The van der Waals surface area contributed by atoms with Crippen LogP contribution in [0.5, 0.6) is 0 Å². The average Bonchev–Trinajstić information content (AvgIpc) is 2.91. The van der Waals surface area contributed by atoms with Crippen LogP contribution in [0.3, 0.4) is 0 Å². The number of likely N-dealkylation sites (tertiary alicyclic amines) is 1. The van der Waals surface area contributed by atoms with Crippen LogP contribution < -0.4 is 11.1 Å². The highest BCUT2D eigenvalue weighted by atomic mass is 16.2. The first-order chi connectivity index (χ1) is 10.2. The van der Waals surface area contributed by atoms with Gasteiger partial charge in [-0.3, -0.25) is 9.59 Å². The van der Waals surface area contributed by atoms with E-state index in [1.165, 1.54) is 4.90 Å². The second kappa shape index (κ2) is 8.86. The lowest BCUT2D eigenvalue weighted by Gasteiger charge is -2.13. The first kappa shape index (κ1) is 16.8. The maximum absolute atomic E-state index is 11.9. The van der Waals surface area contributed by atoms with Gasteiger partial charge in [-0.2, -0.15) is 0 Å².